The van der Waals surface area contributed by atoms with Crippen LogP contribution in [-0.2, 0) is 22.5 Å². The van der Waals surface area contributed by atoms with E-state index in [4.69, 9.17) is 4.84 Å². The lowest BCUT2D eigenvalue weighted by atomic mass is 9.89. The average molecular weight is 235 g/mol. The quantitative estimate of drug-likeness (QED) is 0.789. The Morgan fingerprint density at radius 1 is 1.59 bits per heavy atom. The summed E-state index contributed by atoms with van der Waals surface area (Å²) in [4.78, 5) is 25.2. The number of aromatic nitrogens is 2. The molecule has 1 atom stereocenters. The monoisotopic (exact) mass is 235 g/mol. The van der Waals surface area contributed by atoms with Crippen LogP contribution in [0.25, 0.3) is 0 Å². The SMILES string of the molecule is Cc1nc2c([nH]1)CC(C(=O)N1CCCO1)CC2. The zero-order chi connectivity index (χ0) is 11.8. The van der Waals surface area contributed by atoms with E-state index in [2.05, 4.69) is 9.97 Å². The van der Waals surface area contributed by atoms with Crippen LogP contribution in [0.15, 0.2) is 0 Å². The molecule has 1 amide bonds. The van der Waals surface area contributed by atoms with Gasteiger partial charge in [0.1, 0.15) is 5.82 Å². The average Bonchev–Trinajstić information content (AvgIpc) is 2.94. The normalized spacial score (nSPS) is 23.8. The topological polar surface area (TPSA) is 58.2 Å². The van der Waals surface area contributed by atoms with Crippen molar-refractivity contribution in [3.05, 3.63) is 17.2 Å². The molecule has 0 saturated carbocycles. The number of aromatic amines is 1. The van der Waals surface area contributed by atoms with E-state index in [9.17, 15) is 4.79 Å². The Kier molecular flexibility index (Phi) is 2.63. The molecule has 1 aromatic rings. The van der Waals surface area contributed by atoms with Crippen LogP contribution in [0, 0.1) is 12.8 Å². The fourth-order valence-corrected chi connectivity index (χ4v) is 2.66. The predicted molar refractivity (Wildman–Crippen MR) is 61.1 cm³/mol. The standard InChI is InChI=1S/C12H17N3O2/c1-8-13-10-4-3-9(7-11(10)14-8)12(16)15-5-2-6-17-15/h9H,2-7H2,1H3,(H,13,14). The van der Waals surface area contributed by atoms with E-state index >= 15 is 0 Å². The van der Waals surface area contributed by atoms with Gasteiger partial charge in [-0.25, -0.2) is 10.0 Å². The van der Waals surface area contributed by atoms with Gasteiger partial charge in [0, 0.05) is 18.0 Å². The zero-order valence-electron chi connectivity index (χ0n) is 10.0. The second-order valence-electron chi connectivity index (χ2n) is 4.81. The minimum absolute atomic E-state index is 0.0560. The smallest absolute Gasteiger partial charge is 0.249 e. The Balaban J connectivity index is 1.72. The molecule has 3 rings (SSSR count). The van der Waals surface area contributed by atoms with Crippen LogP contribution in [0.5, 0.6) is 0 Å². The molecule has 1 N–H and O–H groups in total. The van der Waals surface area contributed by atoms with Crippen molar-refractivity contribution in [1.82, 2.24) is 15.0 Å². The molecule has 5 nitrogen and oxygen atoms in total. The van der Waals surface area contributed by atoms with Crippen LogP contribution >= 0.6 is 0 Å². The van der Waals surface area contributed by atoms with Crippen molar-refractivity contribution in [2.24, 2.45) is 5.92 Å². The highest BCUT2D eigenvalue weighted by Crippen LogP contribution is 2.26. The van der Waals surface area contributed by atoms with Gasteiger partial charge in [0.05, 0.1) is 18.8 Å². The van der Waals surface area contributed by atoms with Gasteiger partial charge in [-0.15, -0.1) is 0 Å². The van der Waals surface area contributed by atoms with Gasteiger partial charge in [0.2, 0.25) is 5.91 Å². The number of H-pyrrole nitrogens is 1. The number of carbonyl (C=O) groups excluding carboxylic acids is 1. The first-order valence-corrected chi connectivity index (χ1v) is 6.22. The predicted octanol–water partition coefficient (Wildman–Crippen LogP) is 0.987. The summed E-state index contributed by atoms with van der Waals surface area (Å²) in [6.07, 6.45) is 3.50. The summed E-state index contributed by atoms with van der Waals surface area (Å²) in [5.41, 5.74) is 2.26. The van der Waals surface area contributed by atoms with Crippen molar-refractivity contribution in [3.8, 4) is 0 Å². The summed E-state index contributed by atoms with van der Waals surface area (Å²) >= 11 is 0. The van der Waals surface area contributed by atoms with Crippen LogP contribution in [0.3, 0.4) is 0 Å². The maximum Gasteiger partial charge on any atom is 0.249 e. The molecule has 92 valence electrons. The van der Waals surface area contributed by atoms with E-state index in [1.54, 1.807) is 5.06 Å². The lowest BCUT2D eigenvalue weighted by molar-refractivity contribution is -0.173. The number of fused-ring (bicyclic) bond motifs is 1. The number of hydroxylamine groups is 2. The van der Waals surface area contributed by atoms with Crippen molar-refractivity contribution < 1.29 is 9.63 Å². The highest BCUT2D eigenvalue weighted by atomic mass is 16.7. The summed E-state index contributed by atoms with van der Waals surface area (Å²) in [5, 5.41) is 1.54. The van der Waals surface area contributed by atoms with E-state index in [0.29, 0.717) is 6.61 Å². The van der Waals surface area contributed by atoms with Gasteiger partial charge >= 0.3 is 0 Å². The Morgan fingerprint density at radius 3 is 3.24 bits per heavy atom. The maximum atomic E-state index is 12.2. The molecular formula is C12H17N3O2. The molecule has 0 spiro atoms. The minimum atomic E-state index is 0.0560. The second kappa shape index (κ2) is 4.14. The summed E-state index contributed by atoms with van der Waals surface area (Å²) in [6.45, 7) is 3.37. The Hall–Kier alpha value is -1.36. The number of nitrogens with one attached hydrogen (secondary N) is 1. The van der Waals surface area contributed by atoms with Gasteiger partial charge in [0.25, 0.3) is 0 Å². The van der Waals surface area contributed by atoms with Crippen LogP contribution in [-0.4, -0.2) is 34.1 Å². The molecule has 1 aliphatic heterocycles. The molecular weight excluding hydrogens is 218 g/mol. The van der Waals surface area contributed by atoms with Crippen LogP contribution in [0.4, 0.5) is 0 Å². The molecule has 0 aromatic carbocycles. The Bertz CT molecular complexity index is 435. The van der Waals surface area contributed by atoms with Crippen LogP contribution in [0.1, 0.15) is 30.1 Å². The molecule has 2 heterocycles. The van der Waals surface area contributed by atoms with Crippen molar-refractivity contribution >= 4 is 5.91 Å². The summed E-state index contributed by atoms with van der Waals surface area (Å²) in [7, 11) is 0. The fraction of sp³-hybridized carbons (Fsp3) is 0.667. The highest BCUT2D eigenvalue weighted by molar-refractivity contribution is 5.78. The van der Waals surface area contributed by atoms with Crippen molar-refractivity contribution in [3.63, 3.8) is 0 Å². The van der Waals surface area contributed by atoms with Gasteiger partial charge < -0.3 is 4.98 Å². The zero-order valence-corrected chi connectivity index (χ0v) is 10.0. The number of carbonyl (C=O) groups is 1. The van der Waals surface area contributed by atoms with Gasteiger partial charge in [-0.1, -0.05) is 0 Å². The van der Waals surface area contributed by atoms with Crippen molar-refractivity contribution in [1.29, 1.82) is 0 Å². The minimum Gasteiger partial charge on any atom is -0.346 e. The fourth-order valence-electron chi connectivity index (χ4n) is 2.66. The molecule has 2 aliphatic rings. The van der Waals surface area contributed by atoms with E-state index in [-0.39, 0.29) is 11.8 Å². The van der Waals surface area contributed by atoms with Gasteiger partial charge in [0.15, 0.2) is 0 Å². The van der Waals surface area contributed by atoms with Crippen LogP contribution < -0.4 is 0 Å². The maximum absolute atomic E-state index is 12.2. The summed E-state index contributed by atoms with van der Waals surface area (Å²) in [6, 6.07) is 0. The van der Waals surface area contributed by atoms with Gasteiger partial charge in [-0.3, -0.25) is 9.63 Å². The molecule has 1 aromatic heterocycles. The van der Waals surface area contributed by atoms with Gasteiger partial charge in [-0.2, -0.15) is 0 Å². The van der Waals surface area contributed by atoms with E-state index in [1.165, 1.54) is 0 Å². The molecule has 1 unspecified atom stereocenters. The first-order chi connectivity index (χ1) is 8.24. The number of imidazole rings is 1. The number of nitrogens with zero attached hydrogens (tertiary/aromatic N) is 2. The molecule has 0 radical (unpaired) electrons. The molecule has 0 bridgehead atoms. The summed E-state index contributed by atoms with van der Waals surface area (Å²) < 4.78 is 0. The van der Waals surface area contributed by atoms with E-state index in [1.807, 2.05) is 6.92 Å². The number of aryl methyl sites for hydroxylation is 2. The number of hydrogen-bond donors (Lipinski definition) is 1. The van der Waals surface area contributed by atoms with Crippen LogP contribution in [0.2, 0.25) is 0 Å². The van der Waals surface area contributed by atoms with E-state index in [0.717, 1.165) is 49.4 Å². The largest absolute Gasteiger partial charge is 0.346 e. The lowest BCUT2D eigenvalue weighted by Gasteiger charge is -2.24. The molecule has 1 saturated heterocycles. The van der Waals surface area contributed by atoms with Crippen molar-refractivity contribution in [2.45, 2.75) is 32.6 Å². The second-order valence-corrected chi connectivity index (χ2v) is 4.81. The van der Waals surface area contributed by atoms with Gasteiger partial charge in [-0.05, 0) is 26.2 Å². The number of amides is 1. The van der Waals surface area contributed by atoms with Crippen molar-refractivity contribution in [2.75, 3.05) is 13.2 Å². The summed E-state index contributed by atoms with van der Waals surface area (Å²) in [5.74, 6) is 1.14. The molecule has 5 heteroatoms. The Labute approximate surface area is 100 Å². The first-order valence-electron chi connectivity index (χ1n) is 6.22. The number of rotatable bonds is 1. The third-order valence-corrected chi connectivity index (χ3v) is 3.51. The van der Waals surface area contributed by atoms with E-state index < -0.39 is 0 Å². The lowest BCUT2D eigenvalue weighted by Crippen LogP contribution is -2.35. The first kappa shape index (κ1) is 10.8. The highest BCUT2D eigenvalue weighted by Gasteiger charge is 2.31. The third-order valence-electron chi connectivity index (χ3n) is 3.51. The molecule has 17 heavy (non-hydrogen) atoms. The molecule has 1 aliphatic carbocycles. The third kappa shape index (κ3) is 1.95. The Morgan fingerprint density at radius 2 is 2.47 bits per heavy atom. The number of hydrogen-bond acceptors (Lipinski definition) is 3. The molecule has 1 fully saturated rings.